The van der Waals surface area contributed by atoms with E-state index in [1.807, 2.05) is 12.1 Å². The molecule has 0 aliphatic rings. The van der Waals surface area contributed by atoms with E-state index in [0.29, 0.717) is 6.04 Å². The monoisotopic (exact) mass is 263 g/mol. The third kappa shape index (κ3) is 3.18. The maximum Gasteiger partial charge on any atom is 0.123 e. The molecule has 0 saturated heterocycles. The molecule has 96 valence electrons. The molecule has 0 amide bonds. The number of hydrogen-bond acceptors (Lipinski definition) is 2. The van der Waals surface area contributed by atoms with Crippen molar-refractivity contribution < 1.29 is 4.39 Å². The second kappa shape index (κ2) is 6.12. The van der Waals surface area contributed by atoms with Crippen LogP contribution in [0.2, 0.25) is 0 Å². The lowest BCUT2D eigenvalue weighted by atomic mass is 10.1. The van der Waals surface area contributed by atoms with Gasteiger partial charge in [-0.15, -0.1) is 11.3 Å². The maximum absolute atomic E-state index is 12.9. The Morgan fingerprint density at radius 3 is 2.50 bits per heavy atom. The van der Waals surface area contributed by atoms with Crippen molar-refractivity contribution in [2.24, 2.45) is 0 Å². The van der Waals surface area contributed by atoms with Crippen molar-refractivity contribution in [3.05, 3.63) is 58.0 Å². The van der Waals surface area contributed by atoms with Crippen molar-refractivity contribution in [1.29, 1.82) is 0 Å². The van der Waals surface area contributed by atoms with E-state index in [0.717, 1.165) is 12.0 Å². The van der Waals surface area contributed by atoms with Gasteiger partial charge in [0.1, 0.15) is 5.82 Å². The highest BCUT2D eigenvalue weighted by Crippen LogP contribution is 2.25. The number of rotatable bonds is 5. The van der Waals surface area contributed by atoms with Crippen molar-refractivity contribution in [3.63, 3.8) is 0 Å². The molecule has 3 heteroatoms. The van der Waals surface area contributed by atoms with Gasteiger partial charge in [0.2, 0.25) is 0 Å². The molecule has 1 aromatic heterocycles. The van der Waals surface area contributed by atoms with Crippen LogP contribution in [0.4, 0.5) is 4.39 Å². The van der Waals surface area contributed by atoms with E-state index in [1.54, 1.807) is 11.3 Å². The first-order valence-electron chi connectivity index (χ1n) is 6.25. The Balaban J connectivity index is 2.05. The van der Waals surface area contributed by atoms with E-state index in [1.165, 1.54) is 17.0 Å². The minimum Gasteiger partial charge on any atom is -0.303 e. The average molecular weight is 263 g/mol. The number of hydrogen-bond donors (Lipinski definition) is 1. The largest absolute Gasteiger partial charge is 0.303 e. The summed E-state index contributed by atoms with van der Waals surface area (Å²) in [6.07, 6.45) is 1.05. The number of nitrogens with one attached hydrogen (secondary N) is 1. The predicted molar refractivity (Wildman–Crippen MR) is 75.3 cm³/mol. The van der Waals surface area contributed by atoms with Gasteiger partial charge in [-0.2, -0.15) is 0 Å². The lowest BCUT2D eigenvalue weighted by Crippen LogP contribution is -2.23. The van der Waals surface area contributed by atoms with Gasteiger partial charge in [-0.1, -0.05) is 25.1 Å². The zero-order valence-corrected chi connectivity index (χ0v) is 11.5. The van der Waals surface area contributed by atoms with Crippen LogP contribution in [0.5, 0.6) is 0 Å². The second-order valence-corrected chi connectivity index (χ2v) is 5.40. The molecular weight excluding hydrogens is 245 g/mol. The fourth-order valence-corrected chi connectivity index (χ4v) is 2.91. The molecule has 2 atom stereocenters. The van der Waals surface area contributed by atoms with Crippen molar-refractivity contribution in [1.82, 2.24) is 5.32 Å². The van der Waals surface area contributed by atoms with E-state index in [4.69, 9.17) is 0 Å². The molecule has 0 fully saturated rings. The van der Waals surface area contributed by atoms with Gasteiger partial charge in [-0.25, -0.2) is 4.39 Å². The molecule has 0 aliphatic carbocycles. The normalized spacial score (nSPS) is 14.4. The molecule has 1 nitrogen and oxygen atoms in total. The Bertz CT molecular complexity index is 464. The van der Waals surface area contributed by atoms with Crippen LogP contribution < -0.4 is 5.32 Å². The van der Waals surface area contributed by atoms with Gasteiger partial charge in [0.25, 0.3) is 0 Å². The predicted octanol–water partition coefficient (Wildman–Crippen LogP) is 4.69. The molecule has 1 heterocycles. The lowest BCUT2D eigenvalue weighted by Gasteiger charge is -2.21. The van der Waals surface area contributed by atoms with Crippen molar-refractivity contribution in [2.75, 3.05) is 0 Å². The third-order valence-corrected chi connectivity index (χ3v) is 4.10. The first kappa shape index (κ1) is 13.2. The molecule has 0 saturated carbocycles. The molecule has 0 bridgehead atoms. The Morgan fingerprint density at radius 2 is 1.94 bits per heavy atom. The van der Waals surface area contributed by atoms with Gasteiger partial charge >= 0.3 is 0 Å². The van der Waals surface area contributed by atoms with E-state index >= 15 is 0 Å². The minimum absolute atomic E-state index is 0.184. The number of benzene rings is 1. The summed E-state index contributed by atoms with van der Waals surface area (Å²) in [6, 6.07) is 11.5. The number of thiophene rings is 1. The Morgan fingerprint density at radius 1 is 1.22 bits per heavy atom. The molecule has 18 heavy (non-hydrogen) atoms. The Hall–Kier alpha value is -1.19. The topological polar surface area (TPSA) is 12.0 Å². The lowest BCUT2D eigenvalue weighted by molar-refractivity contribution is 0.461. The smallest absolute Gasteiger partial charge is 0.123 e. The second-order valence-electron chi connectivity index (χ2n) is 4.42. The van der Waals surface area contributed by atoms with Crippen LogP contribution in [0, 0.1) is 5.82 Å². The molecule has 0 spiro atoms. The summed E-state index contributed by atoms with van der Waals surface area (Å²) in [5.41, 5.74) is 1.12. The summed E-state index contributed by atoms with van der Waals surface area (Å²) < 4.78 is 12.9. The van der Waals surface area contributed by atoms with Crippen molar-refractivity contribution in [3.8, 4) is 0 Å². The standard InChI is InChI=1S/C15H18FNS/c1-3-14(15-5-4-10-18-15)17-11(2)12-6-8-13(16)9-7-12/h4-11,14,17H,3H2,1-2H3/t11-,14?/m0/s1. The fraction of sp³-hybridized carbons (Fsp3) is 0.333. The van der Waals surface area contributed by atoms with Gasteiger partial charge in [0.15, 0.2) is 0 Å². The highest BCUT2D eigenvalue weighted by atomic mass is 32.1. The molecule has 2 aromatic rings. The zero-order valence-electron chi connectivity index (χ0n) is 10.7. The molecule has 0 aliphatic heterocycles. The van der Waals surface area contributed by atoms with Crippen LogP contribution in [-0.2, 0) is 0 Å². The quantitative estimate of drug-likeness (QED) is 0.825. The minimum atomic E-state index is -0.184. The van der Waals surface area contributed by atoms with E-state index in [2.05, 4.69) is 36.7 Å². The molecule has 1 N–H and O–H groups in total. The molecular formula is C15H18FNS. The van der Waals surface area contributed by atoms with Gasteiger partial charge in [0, 0.05) is 17.0 Å². The fourth-order valence-electron chi connectivity index (χ4n) is 2.04. The van der Waals surface area contributed by atoms with Gasteiger partial charge < -0.3 is 5.32 Å². The average Bonchev–Trinajstić information content (AvgIpc) is 2.90. The molecule has 0 radical (unpaired) electrons. The van der Waals surface area contributed by atoms with Crippen molar-refractivity contribution in [2.45, 2.75) is 32.4 Å². The third-order valence-electron chi connectivity index (χ3n) is 3.12. The maximum atomic E-state index is 12.9. The highest BCUT2D eigenvalue weighted by Gasteiger charge is 2.14. The highest BCUT2D eigenvalue weighted by molar-refractivity contribution is 7.10. The SMILES string of the molecule is CCC(N[C@@H](C)c1ccc(F)cc1)c1cccs1. The van der Waals surface area contributed by atoms with Crippen LogP contribution in [0.1, 0.15) is 42.8 Å². The van der Waals surface area contributed by atoms with Gasteiger partial charge in [0.05, 0.1) is 0 Å². The van der Waals surface area contributed by atoms with Gasteiger partial charge in [-0.3, -0.25) is 0 Å². The Labute approximate surface area is 112 Å². The van der Waals surface area contributed by atoms with E-state index in [-0.39, 0.29) is 11.9 Å². The van der Waals surface area contributed by atoms with Crippen LogP contribution >= 0.6 is 11.3 Å². The summed E-state index contributed by atoms with van der Waals surface area (Å²) in [5.74, 6) is -0.184. The summed E-state index contributed by atoms with van der Waals surface area (Å²) in [4.78, 5) is 1.35. The first-order valence-corrected chi connectivity index (χ1v) is 7.13. The summed E-state index contributed by atoms with van der Waals surface area (Å²) >= 11 is 1.77. The Kier molecular flexibility index (Phi) is 4.50. The van der Waals surface area contributed by atoms with Crippen LogP contribution in [0.15, 0.2) is 41.8 Å². The van der Waals surface area contributed by atoms with Crippen LogP contribution in [-0.4, -0.2) is 0 Å². The van der Waals surface area contributed by atoms with Crippen LogP contribution in [0.3, 0.4) is 0 Å². The summed E-state index contributed by atoms with van der Waals surface area (Å²) in [5, 5.41) is 5.69. The number of halogens is 1. The molecule has 1 unspecified atom stereocenters. The molecule has 2 rings (SSSR count). The molecule has 1 aromatic carbocycles. The van der Waals surface area contributed by atoms with E-state index in [9.17, 15) is 4.39 Å². The summed E-state index contributed by atoms with van der Waals surface area (Å²) in [7, 11) is 0. The zero-order chi connectivity index (χ0) is 13.0. The van der Waals surface area contributed by atoms with Crippen molar-refractivity contribution >= 4 is 11.3 Å². The summed E-state index contributed by atoms with van der Waals surface area (Å²) in [6.45, 7) is 4.29. The van der Waals surface area contributed by atoms with Gasteiger partial charge in [-0.05, 0) is 42.5 Å². The first-order chi connectivity index (χ1) is 8.70. The van der Waals surface area contributed by atoms with E-state index < -0.39 is 0 Å². The van der Waals surface area contributed by atoms with Crippen LogP contribution in [0.25, 0.3) is 0 Å².